The molecule has 0 radical (unpaired) electrons. The molecular weight excluding hydrogens is 388 g/mol. The number of hydrogen-bond donors (Lipinski definition) is 2. The molecule has 1 saturated heterocycles. The van der Waals surface area contributed by atoms with Gasteiger partial charge in [0, 0.05) is 44.2 Å². The van der Waals surface area contributed by atoms with Crippen LogP contribution in [0.4, 0.5) is 22.2 Å². The number of aryl methyl sites for hydroxylation is 1. The average molecular weight is 406 g/mol. The van der Waals surface area contributed by atoms with Crippen molar-refractivity contribution in [2.24, 2.45) is 7.05 Å². The zero-order valence-electron chi connectivity index (χ0n) is 16.1. The highest BCUT2D eigenvalue weighted by Gasteiger charge is 2.30. The maximum absolute atomic E-state index is 10.9. The first kappa shape index (κ1) is 19.1. The predicted molar refractivity (Wildman–Crippen MR) is 106 cm³/mol. The second-order valence-electron chi connectivity index (χ2n) is 6.67. The fourth-order valence-electron chi connectivity index (χ4n) is 3.32. The van der Waals surface area contributed by atoms with Gasteiger partial charge in [-0.15, -0.1) is 0 Å². The van der Waals surface area contributed by atoms with Crippen molar-refractivity contribution in [1.82, 2.24) is 24.7 Å². The Morgan fingerprint density at radius 1 is 1.40 bits per heavy atom. The molecule has 1 fully saturated rings. The second kappa shape index (κ2) is 8.04. The molecule has 0 spiro atoms. The lowest BCUT2D eigenvalue weighted by molar-refractivity contribution is 0.0556. The SMILES string of the molecule is Cn1cc(Nc2nccc(-c3cnc(N4CCC[C@H]4OC(=O)O)c(C#N)c3)n2)cn1. The number of pyridine rings is 1. The first-order valence-electron chi connectivity index (χ1n) is 9.19. The number of nitrogens with zero attached hydrogens (tertiary/aromatic N) is 7. The van der Waals surface area contributed by atoms with Gasteiger partial charge in [-0.05, 0) is 18.6 Å². The lowest BCUT2D eigenvalue weighted by Gasteiger charge is -2.25. The number of aromatic nitrogens is 5. The third-order valence-corrected chi connectivity index (χ3v) is 4.61. The molecule has 1 aliphatic rings. The van der Waals surface area contributed by atoms with Crippen molar-refractivity contribution in [2.45, 2.75) is 19.1 Å². The van der Waals surface area contributed by atoms with E-state index in [0.717, 1.165) is 12.1 Å². The third kappa shape index (κ3) is 3.97. The molecule has 0 aromatic carbocycles. The summed E-state index contributed by atoms with van der Waals surface area (Å²) < 4.78 is 6.58. The molecule has 0 unspecified atom stereocenters. The van der Waals surface area contributed by atoms with Gasteiger partial charge >= 0.3 is 6.16 Å². The minimum Gasteiger partial charge on any atom is -0.450 e. The summed E-state index contributed by atoms with van der Waals surface area (Å²) in [4.78, 5) is 25.7. The number of rotatable bonds is 5. The molecule has 4 rings (SSSR count). The van der Waals surface area contributed by atoms with Crippen LogP contribution in [0.15, 0.2) is 36.9 Å². The molecule has 0 saturated carbocycles. The first-order valence-corrected chi connectivity index (χ1v) is 9.19. The molecule has 0 bridgehead atoms. The Morgan fingerprint density at radius 3 is 3.00 bits per heavy atom. The van der Waals surface area contributed by atoms with Gasteiger partial charge in [-0.25, -0.2) is 19.7 Å². The smallest absolute Gasteiger partial charge is 0.450 e. The molecule has 0 amide bonds. The van der Waals surface area contributed by atoms with E-state index >= 15 is 0 Å². The monoisotopic (exact) mass is 406 g/mol. The number of anilines is 3. The Balaban J connectivity index is 1.61. The van der Waals surface area contributed by atoms with Crippen LogP contribution in [-0.4, -0.2) is 48.8 Å². The number of carboxylic acid groups (broad SMARTS) is 1. The Hall–Kier alpha value is -4.20. The summed E-state index contributed by atoms with van der Waals surface area (Å²) in [5.41, 5.74) is 2.29. The summed E-state index contributed by atoms with van der Waals surface area (Å²) >= 11 is 0. The summed E-state index contributed by atoms with van der Waals surface area (Å²) in [7, 11) is 1.81. The van der Waals surface area contributed by atoms with Gasteiger partial charge in [-0.2, -0.15) is 10.4 Å². The van der Waals surface area contributed by atoms with Crippen molar-refractivity contribution in [2.75, 3.05) is 16.8 Å². The molecule has 152 valence electrons. The number of ether oxygens (including phenoxy) is 1. The van der Waals surface area contributed by atoms with Crippen LogP contribution in [0.25, 0.3) is 11.3 Å². The van der Waals surface area contributed by atoms with Gasteiger partial charge in [-0.1, -0.05) is 0 Å². The number of nitriles is 1. The third-order valence-electron chi connectivity index (χ3n) is 4.61. The Morgan fingerprint density at radius 2 is 2.27 bits per heavy atom. The van der Waals surface area contributed by atoms with E-state index in [2.05, 4.69) is 31.4 Å². The second-order valence-corrected chi connectivity index (χ2v) is 6.67. The standard InChI is InChI=1S/C19H18N8O3/c1-26-11-14(10-23-26)24-18-21-5-4-15(25-18)13-7-12(8-20)17(22-9-13)27-6-2-3-16(27)30-19(28)29/h4-5,7,9-11,16H,2-3,6H2,1H3,(H,28,29)(H,21,24,25)/t16-/m1/s1. The van der Waals surface area contributed by atoms with Gasteiger partial charge in [0.25, 0.3) is 0 Å². The minimum atomic E-state index is -1.35. The minimum absolute atomic E-state index is 0.314. The summed E-state index contributed by atoms with van der Waals surface area (Å²) in [5.74, 6) is 0.783. The van der Waals surface area contributed by atoms with Crippen LogP contribution in [-0.2, 0) is 11.8 Å². The molecule has 3 aromatic heterocycles. The predicted octanol–water partition coefficient (Wildman–Crippen LogP) is 2.51. The molecule has 1 aliphatic heterocycles. The van der Waals surface area contributed by atoms with Crippen molar-refractivity contribution in [3.05, 3.63) is 42.5 Å². The Bertz CT molecular complexity index is 1120. The van der Waals surface area contributed by atoms with Gasteiger partial charge in [0.15, 0.2) is 6.23 Å². The van der Waals surface area contributed by atoms with Crippen LogP contribution >= 0.6 is 0 Å². The van der Waals surface area contributed by atoms with Crippen LogP contribution in [0.3, 0.4) is 0 Å². The van der Waals surface area contributed by atoms with Crippen molar-refractivity contribution in [3.8, 4) is 17.3 Å². The molecule has 11 heteroatoms. The van der Waals surface area contributed by atoms with E-state index in [9.17, 15) is 10.1 Å². The largest absolute Gasteiger partial charge is 0.507 e. The fourth-order valence-corrected chi connectivity index (χ4v) is 3.32. The summed E-state index contributed by atoms with van der Waals surface area (Å²) in [6, 6.07) is 5.53. The molecule has 3 aromatic rings. The zero-order chi connectivity index (χ0) is 21.1. The van der Waals surface area contributed by atoms with Crippen molar-refractivity contribution >= 4 is 23.6 Å². The number of hydrogen-bond acceptors (Lipinski definition) is 9. The van der Waals surface area contributed by atoms with E-state index in [1.165, 1.54) is 0 Å². The van der Waals surface area contributed by atoms with E-state index in [4.69, 9.17) is 9.84 Å². The van der Waals surface area contributed by atoms with Gasteiger partial charge in [0.2, 0.25) is 5.95 Å². The fraction of sp³-hybridized carbons (Fsp3) is 0.263. The van der Waals surface area contributed by atoms with Crippen LogP contribution in [0.5, 0.6) is 0 Å². The maximum atomic E-state index is 10.9. The van der Waals surface area contributed by atoms with Crippen molar-refractivity contribution < 1.29 is 14.6 Å². The quantitative estimate of drug-likeness (QED) is 0.607. The first-order chi connectivity index (χ1) is 14.5. The summed E-state index contributed by atoms with van der Waals surface area (Å²) in [6.07, 6.45) is 5.97. The van der Waals surface area contributed by atoms with Crippen LogP contribution in [0.2, 0.25) is 0 Å². The van der Waals surface area contributed by atoms with Crippen molar-refractivity contribution in [1.29, 1.82) is 5.26 Å². The van der Waals surface area contributed by atoms with Gasteiger partial charge in [-0.3, -0.25) is 4.68 Å². The molecule has 30 heavy (non-hydrogen) atoms. The highest BCUT2D eigenvalue weighted by atomic mass is 16.7. The lowest BCUT2D eigenvalue weighted by Crippen LogP contribution is -2.34. The van der Waals surface area contributed by atoms with Gasteiger partial charge in [0.05, 0.1) is 23.1 Å². The van der Waals surface area contributed by atoms with E-state index in [1.807, 2.05) is 7.05 Å². The number of nitrogens with one attached hydrogen (secondary N) is 1. The summed E-state index contributed by atoms with van der Waals surface area (Å²) in [6.45, 7) is 0.561. The van der Waals surface area contributed by atoms with Crippen LogP contribution in [0.1, 0.15) is 18.4 Å². The molecule has 11 nitrogen and oxygen atoms in total. The Kier molecular flexibility index (Phi) is 5.13. The highest BCUT2D eigenvalue weighted by molar-refractivity contribution is 5.67. The molecular formula is C19H18N8O3. The maximum Gasteiger partial charge on any atom is 0.507 e. The van der Waals surface area contributed by atoms with E-state index < -0.39 is 12.4 Å². The molecule has 4 heterocycles. The van der Waals surface area contributed by atoms with Crippen LogP contribution in [0, 0.1) is 11.3 Å². The highest BCUT2D eigenvalue weighted by Crippen LogP contribution is 2.30. The Labute approximate surface area is 171 Å². The zero-order valence-corrected chi connectivity index (χ0v) is 16.1. The van der Waals surface area contributed by atoms with E-state index in [1.54, 1.807) is 46.5 Å². The van der Waals surface area contributed by atoms with Gasteiger partial charge < -0.3 is 20.1 Å². The number of carbonyl (C=O) groups is 1. The van der Waals surface area contributed by atoms with E-state index in [0.29, 0.717) is 41.6 Å². The lowest BCUT2D eigenvalue weighted by atomic mass is 10.1. The average Bonchev–Trinajstić information content (AvgIpc) is 3.36. The molecule has 1 atom stereocenters. The summed E-state index contributed by atoms with van der Waals surface area (Å²) in [5, 5.41) is 25.7. The normalized spacial score (nSPS) is 15.6. The van der Waals surface area contributed by atoms with Gasteiger partial charge in [0.1, 0.15) is 11.9 Å². The molecule has 2 N–H and O–H groups in total. The van der Waals surface area contributed by atoms with Crippen molar-refractivity contribution in [3.63, 3.8) is 0 Å². The molecule has 0 aliphatic carbocycles. The van der Waals surface area contributed by atoms with Crippen LogP contribution < -0.4 is 10.2 Å². The topological polar surface area (TPSA) is 142 Å². The van der Waals surface area contributed by atoms with E-state index in [-0.39, 0.29) is 0 Å².